The number of hydrogen-bond donors (Lipinski definition) is 2. The molecule has 0 heterocycles. The van der Waals surface area contributed by atoms with Gasteiger partial charge in [-0.15, -0.1) is 0 Å². The second kappa shape index (κ2) is 6.64. The lowest BCUT2D eigenvalue weighted by molar-refractivity contribution is -0.121. The summed E-state index contributed by atoms with van der Waals surface area (Å²) in [5, 5.41) is 13.3. The lowest BCUT2D eigenvalue weighted by atomic mass is 10.1. The summed E-state index contributed by atoms with van der Waals surface area (Å²) in [4.78, 5) is 11.8. The lowest BCUT2D eigenvalue weighted by Gasteiger charge is -2.19. The van der Waals surface area contributed by atoms with Crippen LogP contribution in [0.25, 0.3) is 0 Å². The number of nitrogens with one attached hydrogen (secondary N) is 1. The third-order valence-corrected chi connectivity index (χ3v) is 3.85. The normalized spacial score (nSPS) is 14.1. The number of rotatable bonds is 5. The summed E-state index contributed by atoms with van der Waals surface area (Å²) in [6.07, 6.45) is 0.214. The second-order valence-electron chi connectivity index (χ2n) is 4.29. The highest BCUT2D eigenvalue weighted by atomic mass is 79.9. The molecule has 17 heavy (non-hydrogen) atoms. The van der Waals surface area contributed by atoms with Crippen molar-refractivity contribution in [2.45, 2.75) is 26.3 Å². The number of carbonyl (C=O) groups excluding carboxylic acids is 1. The Balaban J connectivity index is 2.53. The standard InChI is InChI=1S/C13H18BrNO2/c1-9(8-14)10(2)15-13(17)7-11-5-3-4-6-12(11)16/h3-6,9-10,16H,7-8H2,1-2H3,(H,15,17). The molecular formula is C13H18BrNO2. The fourth-order valence-electron chi connectivity index (χ4n) is 1.41. The molecule has 3 nitrogen and oxygen atoms in total. The van der Waals surface area contributed by atoms with Crippen molar-refractivity contribution in [3.8, 4) is 5.75 Å². The molecule has 0 aliphatic heterocycles. The fraction of sp³-hybridized carbons (Fsp3) is 0.462. The van der Waals surface area contributed by atoms with E-state index in [1.54, 1.807) is 18.2 Å². The van der Waals surface area contributed by atoms with Crippen molar-refractivity contribution in [1.29, 1.82) is 0 Å². The van der Waals surface area contributed by atoms with Crippen molar-refractivity contribution < 1.29 is 9.90 Å². The first-order valence-electron chi connectivity index (χ1n) is 5.66. The fourth-order valence-corrected chi connectivity index (χ4v) is 1.97. The zero-order chi connectivity index (χ0) is 12.8. The van der Waals surface area contributed by atoms with Gasteiger partial charge in [0, 0.05) is 16.9 Å². The van der Waals surface area contributed by atoms with Gasteiger partial charge in [-0.25, -0.2) is 0 Å². The van der Waals surface area contributed by atoms with Crippen LogP contribution >= 0.6 is 15.9 Å². The number of para-hydroxylation sites is 1. The Morgan fingerprint density at radius 2 is 2.06 bits per heavy atom. The van der Waals surface area contributed by atoms with Gasteiger partial charge in [0.05, 0.1) is 6.42 Å². The molecule has 0 saturated heterocycles. The van der Waals surface area contributed by atoms with Gasteiger partial charge in [0.25, 0.3) is 0 Å². The first kappa shape index (κ1) is 14.0. The number of alkyl halides is 1. The van der Waals surface area contributed by atoms with Crippen molar-refractivity contribution in [2.75, 3.05) is 5.33 Å². The summed E-state index contributed by atoms with van der Waals surface area (Å²) < 4.78 is 0. The molecule has 0 aromatic heterocycles. The number of phenols is 1. The van der Waals surface area contributed by atoms with E-state index in [-0.39, 0.29) is 24.1 Å². The number of halogens is 1. The minimum atomic E-state index is -0.0631. The van der Waals surface area contributed by atoms with Crippen LogP contribution in [0.4, 0.5) is 0 Å². The SMILES string of the molecule is CC(CBr)C(C)NC(=O)Cc1ccccc1O. The highest BCUT2D eigenvalue weighted by Gasteiger charge is 2.14. The predicted octanol–water partition coefficient (Wildman–Crippen LogP) is 2.47. The molecule has 0 radical (unpaired) electrons. The molecule has 0 spiro atoms. The van der Waals surface area contributed by atoms with E-state index in [1.807, 2.05) is 13.0 Å². The van der Waals surface area contributed by atoms with Crippen LogP contribution in [0.2, 0.25) is 0 Å². The van der Waals surface area contributed by atoms with Crippen molar-refractivity contribution in [3.05, 3.63) is 29.8 Å². The summed E-state index contributed by atoms with van der Waals surface area (Å²) in [6, 6.07) is 7.02. The van der Waals surface area contributed by atoms with Crippen LogP contribution in [0.3, 0.4) is 0 Å². The van der Waals surface area contributed by atoms with E-state index in [2.05, 4.69) is 28.2 Å². The van der Waals surface area contributed by atoms with Gasteiger partial charge in [-0.05, 0) is 18.9 Å². The Kier molecular flexibility index (Phi) is 5.48. The van der Waals surface area contributed by atoms with Crippen LogP contribution in [0, 0.1) is 5.92 Å². The van der Waals surface area contributed by atoms with Crippen LogP contribution < -0.4 is 5.32 Å². The van der Waals surface area contributed by atoms with E-state index < -0.39 is 0 Å². The second-order valence-corrected chi connectivity index (χ2v) is 4.94. The molecule has 1 amide bonds. The molecule has 0 saturated carbocycles. The van der Waals surface area contributed by atoms with E-state index in [0.717, 1.165) is 5.33 Å². The van der Waals surface area contributed by atoms with Gasteiger partial charge in [0.1, 0.15) is 5.75 Å². The predicted molar refractivity (Wildman–Crippen MR) is 72.4 cm³/mol. The maximum absolute atomic E-state index is 11.8. The summed E-state index contributed by atoms with van der Waals surface area (Å²) in [6.45, 7) is 4.05. The Morgan fingerprint density at radius 1 is 1.41 bits per heavy atom. The third-order valence-electron chi connectivity index (χ3n) is 2.83. The van der Waals surface area contributed by atoms with Crippen LogP contribution in [0.15, 0.2) is 24.3 Å². The number of benzene rings is 1. The molecule has 2 atom stereocenters. The average Bonchev–Trinajstić information content (AvgIpc) is 2.31. The monoisotopic (exact) mass is 299 g/mol. The number of phenolic OH excluding ortho intramolecular Hbond substituents is 1. The van der Waals surface area contributed by atoms with Crippen molar-refractivity contribution in [3.63, 3.8) is 0 Å². The van der Waals surface area contributed by atoms with Gasteiger partial charge in [-0.2, -0.15) is 0 Å². The average molecular weight is 300 g/mol. The van der Waals surface area contributed by atoms with E-state index in [0.29, 0.717) is 11.5 Å². The number of carbonyl (C=O) groups is 1. The van der Waals surface area contributed by atoms with Gasteiger partial charge in [0.2, 0.25) is 5.91 Å². The first-order chi connectivity index (χ1) is 8.04. The molecule has 94 valence electrons. The Bertz CT molecular complexity index is 381. The number of hydrogen-bond acceptors (Lipinski definition) is 2. The first-order valence-corrected chi connectivity index (χ1v) is 6.79. The van der Waals surface area contributed by atoms with Gasteiger partial charge in [0.15, 0.2) is 0 Å². The molecule has 2 N–H and O–H groups in total. The van der Waals surface area contributed by atoms with Gasteiger partial charge in [-0.1, -0.05) is 41.1 Å². The van der Waals surface area contributed by atoms with Crippen LogP contribution in [-0.2, 0) is 11.2 Å². The quantitative estimate of drug-likeness (QED) is 0.821. The van der Waals surface area contributed by atoms with Gasteiger partial charge < -0.3 is 10.4 Å². The molecule has 1 aromatic rings. The Labute approximate surface area is 110 Å². The summed E-state index contributed by atoms with van der Waals surface area (Å²) in [5.41, 5.74) is 0.656. The van der Waals surface area contributed by atoms with Crippen LogP contribution in [-0.4, -0.2) is 22.4 Å². The molecule has 0 aliphatic rings. The minimum absolute atomic E-state index is 0.0631. The summed E-state index contributed by atoms with van der Waals surface area (Å²) in [5.74, 6) is 0.485. The van der Waals surface area contributed by atoms with Crippen LogP contribution in [0.1, 0.15) is 19.4 Å². The van der Waals surface area contributed by atoms with Crippen molar-refractivity contribution in [1.82, 2.24) is 5.32 Å². The highest BCUT2D eigenvalue weighted by Crippen LogP contribution is 2.16. The molecule has 4 heteroatoms. The molecule has 2 unspecified atom stereocenters. The minimum Gasteiger partial charge on any atom is -0.508 e. The Morgan fingerprint density at radius 3 is 2.65 bits per heavy atom. The van der Waals surface area contributed by atoms with E-state index in [1.165, 1.54) is 0 Å². The van der Waals surface area contributed by atoms with Crippen molar-refractivity contribution >= 4 is 21.8 Å². The number of amides is 1. The molecule has 1 aromatic carbocycles. The molecule has 0 aliphatic carbocycles. The zero-order valence-corrected chi connectivity index (χ0v) is 11.7. The topological polar surface area (TPSA) is 49.3 Å². The van der Waals surface area contributed by atoms with E-state index >= 15 is 0 Å². The lowest BCUT2D eigenvalue weighted by Crippen LogP contribution is -2.38. The maximum atomic E-state index is 11.8. The largest absolute Gasteiger partial charge is 0.508 e. The molecule has 1 rings (SSSR count). The van der Waals surface area contributed by atoms with Crippen molar-refractivity contribution in [2.24, 2.45) is 5.92 Å². The van der Waals surface area contributed by atoms with E-state index in [4.69, 9.17) is 0 Å². The van der Waals surface area contributed by atoms with E-state index in [9.17, 15) is 9.90 Å². The molecular weight excluding hydrogens is 282 g/mol. The summed E-state index contributed by atoms with van der Waals surface area (Å²) >= 11 is 3.39. The van der Waals surface area contributed by atoms with Crippen LogP contribution in [0.5, 0.6) is 5.75 Å². The van der Waals surface area contributed by atoms with Gasteiger partial charge in [-0.3, -0.25) is 4.79 Å². The smallest absolute Gasteiger partial charge is 0.224 e. The molecule has 0 bridgehead atoms. The van der Waals surface area contributed by atoms with Gasteiger partial charge >= 0.3 is 0 Å². The molecule has 0 fully saturated rings. The highest BCUT2D eigenvalue weighted by molar-refractivity contribution is 9.09. The third kappa shape index (κ3) is 4.38. The Hall–Kier alpha value is -1.03. The number of aromatic hydroxyl groups is 1. The summed E-state index contributed by atoms with van der Waals surface area (Å²) in [7, 11) is 0. The zero-order valence-electron chi connectivity index (χ0n) is 10.1. The maximum Gasteiger partial charge on any atom is 0.224 e.